The van der Waals surface area contributed by atoms with Crippen molar-refractivity contribution in [1.82, 2.24) is 0 Å². The van der Waals surface area contributed by atoms with Gasteiger partial charge in [0.05, 0.1) is 6.61 Å². The molecule has 0 fully saturated rings. The van der Waals surface area contributed by atoms with E-state index in [-0.39, 0.29) is 18.8 Å². The van der Waals surface area contributed by atoms with Crippen LogP contribution < -0.4 is 0 Å². The summed E-state index contributed by atoms with van der Waals surface area (Å²) in [5.74, 6) is -0.715. The number of hydrogen-bond acceptors (Lipinski definition) is 3. The number of benzene rings is 1. The van der Waals surface area contributed by atoms with Gasteiger partial charge in [0.15, 0.2) is 10.6 Å². The summed E-state index contributed by atoms with van der Waals surface area (Å²) in [6, 6.07) is 9.29. The first-order chi connectivity index (χ1) is 7.65. The first-order valence-corrected chi connectivity index (χ1v) is 5.94. The third-order valence-corrected chi connectivity index (χ3v) is 2.88. The average Bonchev–Trinajstić information content (AvgIpc) is 2.29. The summed E-state index contributed by atoms with van der Waals surface area (Å²) >= 11 is 3.04. The molecule has 4 heteroatoms. The van der Waals surface area contributed by atoms with Gasteiger partial charge in [-0.15, -0.1) is 0 Å². The lowest BCUT2D eigenvalue weighted by Gasteiger charge is -2.07. The zero-order valence-electron chi connectivity index (χ0n) is 8.98. The zero-order chi connectivity index (χ0) is 12.0. The van der Waals surface area contributed by atoms with Crippen LogP contribution >= 0.6 is 15.9 Å². The molecule has 0 amide bonds. The van der Waals surface area contributed by atoms with Gasteiger partial charge in [-0.2, -0.15) is 0 Å². The van der Waals surface area contributed by atoms with Crippen molar-refractivity contribution in [1.29, 1.82) is 0 Å². The molecule has 0 aliphatic rings. The topological polar surface area (TPSA) is 43.4 Å². The van der Waals surface area contributed by atoms with Gasteiger partial charge in [0.1, 0.15) is 0 Å². The van der Waals surface area contributed by atoms with Crippen molar-refractivity contribution in [3.05, 3.63) is 35.9 Å². The molecule has 1 aromatic carbocycles. The van der Waals surface area contributed by atoms with Crippen molar-refractivity contribution < 1.29 is 14.3 Å². The lowest BCUT2D eigenvalue weighted by Crippen LogP contribution is -2.27. The number of esters is 1. The SMILES string of the molecule is CCOC(=O)C(Br)C(=O)Cc1ccccc1. The normalized spacial score (nSPS) is 11.9. The van der Waals surface area contributed by atoms with Crippen LogP contribution in [0.15, 0.2) is 30.3 Å². The molecule has 0 saturated carbocycles. The molecule has 0 spiro atoms. The van der Waals surface area contributed by atoms with Crippen molar-refractivity contribution in [3.8, 4) is 0 Å². The second kappa shape index (κ2) is 6.43. The van der Waals surface area contributed by atoms with E-state index in [1.165, 1.54) is 0 Å². The van der Waals surface area contributed by atoms with Gasteiger partial charge < -0.3 is 4.74 Å². The monoisotopic (exact) mass is 284 g/mol. The Balaban J connectivity index is 2.56. The summed E-state index contributed by atoms with van der Waals surface area (Å²) in [4.78, 5) is 22.1. The van der Waals surface area contributed by atoms with Crippen molar-refractivity contribution in [3.63, 3.8) is 0 Å². The van der Waals surface area contributed by atoms with Crippen molar-refractivity contribution >= 4 is 27.7 Å². The van der Waals surface area contributed by atoms with E-state index < -0.39 is 10.8 Å². The average molecular weight is 285 g/mol. The highest BCUT2D eigenvalue weighted by Gasteiger charge is 2.24. The number of rotatable bonds is 5. The Morgan fingerprint density at radius 1 is 1.31 bits per heavy atom. The summed E-state index contributed by atoms with van der Waals surface area (Å²) in [7, 11) is 0. The summed E-state index contributed by atoms with van der Waals surface area (Å²) in [5, 5.41) is 0. The van der Waals surface area contributed by atoms with E-state index in [0.29, 0.717) is 0 Å². The van der Waals surface area contributed by atoms with Gasteiger partial charge >= 0.3 is 5.97 Å². The molecule has 0 radical (unpaired) electrons. The van der Waals surface area contributed by atoms with Gasteiger partial charge in [0, 0.05) is 6.42 Å². The Kier molecular flexibility index (Phi) is 5.19. The Morgan fingerprint density at radius 3 is 2.50 bits per heavy atom. The van der Waals surface area contributed by atoms with E-state index in [4.69, 9.17) is 4.74 Å². The highest BCUT2D eigenvalue weighted by atomic mass is 79.9. The minimum absolute atomic E-state index is 0.190. The third-order valence-electron chi connectivity index (χ3n) is 2.00. The number of Topliss-reactive ketones (excluding diaryl/α,β-unsaturated/α-hetero) is 1. The molecule has 0 saturated heterocycles. The maximum Gasteiger partial charge on any atom is 0.327 e. The maximum atomic E-state index is 11.7. The molecule has 0 aliphatic carbocycles. The van der Waals surface area contributed by atoms with Crippen LogP contribution in [0.1, 0.15) is 12.5 Å². The van der Waals surface area contributed by atoms with E-state index in [9.17, 15) is 9.59 Å². The van der Waals surface area contributed by atoms with Crippen molar-refractivity contribution in [2.45, 2.75) is 18.2 Å². The fraction of sp³-hybridized carbons (Fsp3) is 0.333. The fourth-order valence-corrected chi connectivity index (χ4v) is 1.53. The number of carbonyl (C=O) groups excluding carboxylic acids is 2. The second-order valence-corrected chi connectivity index (χ2v) is 4.16. The summed E-state index contributed by atoms with van der Waals surface area (Å²) in [6.45, 7) is 1.98. The van der Waals surface area contributed by atoms with Crippen molar-refractivity contribution in [2.75, 3.05) is 6.61 Å². The van der Waals surface area contributed by atoms with Crippen LogP contribution in [0.25, 0.3) is 0 Å². The highest BCUT2D eigenvalue weighted by molar-refractivity contribution is 9.10. The Bertz CT molecular complexity index is 362. The van der Waals surface area contributed by atoms with Gasteiger partial charge in [-0.1, -0.05) is 46.3 Å². The number of ether oxygens (including phenoxy) is 1. The van der Waals surface area contributed by atoms with E-state index in [1.807, 2.05) is 30.3 Å². The van der Waals surface area contributed by atoms with Gasteiger partial charge in [-0.25, -0.2) is 0 Å². The summed E-state index contributed by atoms with van der Waals surface area (Å²) in [5.41, 5.74) is 0.890. The largest absolute Gasteiger partial charge is 0.465 e. The molecule has 1 atom stereocenters. The lowest BCUT2D eigenvalue weighted by atomic mass is 10.1. The van der Waals surface area contributed by atoms with E-state index in [0.717, 1.165) is 5.56 Å². The molecule has 1 rings (SSSR count). The molecule has 16 heavy (non-hydrogen) atoms. The molecule has 1 aromatic rings. The Morgan fingerprint density at radius 2 is 1.94 bits per heavy atom. The van der Waals surface area contributed by atoms with E-state index >= 15 is 0 Å². The lowest BCUT2D eigenvalue weighted by molar-refractivity contribution is -0.144. The van der Waals surface area contributed by atoms with Gasteiger partial charge in [0.2, 0.25) is 0 Å². The van der Waals surface area contributed by atoms with Crippen LogP contribution in [0.5, 0.6) is 0 Å². The molecule has 0 bridgehead atoms. The van der Waals surface area contributed by atoms with Crippen LogP contribution in [0.3, 0.4) is 0 Å². The minimum Gasteiger partial charge on any atom is -0.465 e. The van der Waals surface area contributed by atoms with Crippen molar-refractivity contribution in [2.24, 2.45) is 0 Å². The van der Waals surface area contributed by atoms with Gasteiger partial charge in [-0.3, -0.25) is 9.59 Å². The minimum atomic E-state index is -0.868. The Hall–Kier alpha value is -1.16. The smallest absolute Gasteiger partial charge is 0.327 e. The van der Waals surface area contributed by atoms with Crippen LogP contribution in [0.2, 0.25) is 0 Å². The van der Waals surface area contributed by atoms with Gasteiger partial charge in [0.25, 0.3) is 0 Å². The van der Waals surface area contributed by atoms with Crippen LogP contribution in [0.4, 0.5) is 0 Å². The standard InChI is InChI=1S/C12H13BrO3/c1-2-16-12(15)11(13)10(14)8-9-6-4-3-5-7-9/h3-7,11H,2,8H2,1H3. The van der Waals surface area contributed by atoms with E-state index in [2.05, 4.69) is 15.9 Å². The van der Waals surface area contributed by atoms with Gasteiger partial charge in [-0.05, 0) is 12.5 Å². The predicted octanol–water partition coefficient (Wildman–Crippen LogP) is 2.12. The molecule has 3 nitrogen and oxygen atoms in total. The number of alkyl halides is 1. The molecular formula is C12H13BrO3. The quantitative estimate of drug-likeness (QED) is 0.473. The zero-order valence-corrected chi connectivity index (χ0v) is 10.6. The molecule has 0 heterocycles. The number of carbonyl (C=O) groups is 2. The predicted molar refractivity (Wildman–Crippen MR) is 64.5 cm³/mol. The molecule has 1 unspecified atom stereocenters. The third kappa shape index (κ3) is 3.77. The van der Waals surface area contributed by atoms with E-state index in [1.54, 1.807) is 6.92 Å². The molecular weight excluding hydrogens is 272 g/mol. The van der Waals surface area contributed by atoms with Crippen LogP contribution in [-0.2, 0) is 20.7 Å². The highest BCUT2D eigenvalue weighted by Crippen LogP contribution is 2.09. The number of ketones is 1. The first-order valence-electron chi connectivity index (χ1n) is 5.02. The maximum absolute atomic E-state index is 11.7. The first kappa shape index (κ1) is 12.9. The van der Waals surface area contributed by atoms with Crippen LogP contribution in [-0.4, -0.2) is 23.2 Å². The number of hydrogen-bond donors (Lipinski definition) is 0. The second-order valence-electron chi connectivity index (χ2n) is 3.24. The molecule has 86 valence electrons. The fourth-order valence-electron chi connectivity index (χ4n) is 1.23. The molecule has 0 aromatic heterocycles. The Labute approximate surface area is 103 Å². The molecule has 0 aliphatic heterocycles. The molecule has 0 N–H and O–H groups in total. The van der Waals surface area contributed by atoms with Crippen LogP contribution in [0, 0.1) is 0 Å². The summed E-state index contributed by atoms with van der Waals surface area (Å²) in [6.07, 6.45) is 0.232. The summed E-state index contributed by atoms with van der Waals surface area (Å²) < 4.78 is 4.76. The number of halogens is 1.